The molecule has 1 saturated heterocycles. The van der Waals surface area contributed by atoms with Crippen LogP contribution in [0.3, 0.4) is 0 Å². The molecule has 0 aliphatic carbocycles. The molecule has 3 rings (SSSR count). The molecule has 1 unspecified atom stereocenters. The molecule has 9 nitrogen and oxygen atoms in total. The van der Waals surface area contributed by atoms with Crippen LogP contribution >= 0.6 is 0 Å². The second-order valence-electron chi connectivity index (χ2n) is 5.98. The molecule has 0 aromatic carbocycles. The van der Waals surface area contributed by atoms with Crippen LogP contribution in [-0.4, -0.2) is 47.8 Å². The SMILES string of the molecule is CNC(=O)c1nnc(Nc2ccc(C#N)nc2)cc1NCC1CCNC1. The highest BCUT2D eigenvalue weighted by atomic mass is 16.1. The summed E-state index contributed by atoms with van der Waals surface area (Å²) < 4.78 is 0. The van der Waals surface area contributed by atoms with Gasteiger partial charge in [0, 0.05) is 19.7 Å². The van der Waals surface area contributed by atoms with Gasteiger partial charge in [0.25, 0.3) is 5.91 Å². The number of rotatable bonds is 6. The summed E-state index contributed by atoms with van der Waals surface area (Å²) in [5.41, 5.74) is 1.89. The fourth-order valence-corrected chi connectivity index (χ4v) is 2.70. The van der Waals surface area contributed by atoms with Crippen molar-refractivity contribution in [2.24, 2.45) is 5.92 Å². The van der Waals surface area contributed by atoms with E-state index in [0.29, 0.717) is 28.8 Å². The summed E-state index contributed by atoms with van der Waals surface area (Å²) in [6.07, 6.45) is 2.65. The Labute approximate surface area is 151 Å². The molecule has 4 N–H and O–H groups in total. The summed E-state index contributed by atoms with van der Waals surface area (Å²) in [6, 6.07) is 7.06. The Hall–Kier alpha value is -3.25. The number of carbonyl (C=O) groups excluding carboxylic acids is 1. The van der Waals surface area contributed by atoms with Gasteiger partial charge in [0.05, 0.1) is 17.6 Å². The molecule has 1 amide bonds. The summed E-state index contributed by atoms with van der Waals surface area (Å²) in [7, 11) is 1.56. The van der Waals surface area contributed by atoms with Gasteiger partial charge in [-0.1, -0.05) is 0 Å². The van der Waals surface area contributed by atoms with Crippen LogP contribution in [-0.2, 0) is 0 Å². The zero-order chi connectivity index (χ0) is 18.4. The Balaban J connectivity index is 1.78. The molecular weight excluding hydrogens is 332 g/mol. The number of nitriles is 1. The number of carbonyl (C=O) groups is 1. The van der Waals surface area contributed by atoms with Gasteiger partial charge in [0.1, 0.15) is 11.8 Å². The standard InChI is InChI=1S/C17H20N8O/c1-19-17(26)16-14(22-9-11-4-5-20-8-11)6-15(24-25-16)23-13-3-2-12(7-18)21-10-13/h2-3,6,10-11,20H,4-5,8-9H2,1H3,(H,19,26)(H2,22,23,24). The lowest BCUT2D eigenvalue weighted by atomic mass is 10.1. The van der Waals surface area contributed by atoms with E-state index in [1.807, 2.05) is 6.07 Å². The summed E-state index contributed by atoms with van der Waals surface area (Å²) in [4.78, 5) is 16.0. The average molecular weight is 352 g/mol. The molecule has 134 valence electrons. The normalized spacial score (nSPS) is 15.9. The highest BCUT2D eigenvalue weighted by Crippen LogP contribution is 2.21. The molecule has 2 aromatic rings. The summed E-state index contributed by atoms with van der Waals surface area (Å²) in [5, 5.41) is 29.2. The largest absolute Gasteiger partial charge is 0.383 e. The zero-order valence-electron chi connectivity index (χ0n) is 14.4. The lowest BCUT2D eigenvalue weighted by Crippen LogP contribution is -2.24. The van der Waals surface area contributed by atoms with Crippen LogP contribution in [0, 0.1) is 17.2 Å². The van der Waals surface area contributed by atoms with Crippen LogP contribution in [0.2, 0.25) is 0 Å². The van der Waals surface area contributed by atoms with E-state index in [9.17, 15) is 4.79 Å². The van der Waals surface area contributed by atoms with Gasteiger partial charge in [-0.05, 0) is 37.6 Å². The molecule has 0 spiro atoms. The molecule has 26 heavy (non-hydrogen) atoms. The van der Waals surface area contributed by atoms with Crippen molar-refractivity contribution in [2.45, 2.75) is 6.42 Å². The van der Waals surface area contributed by atoms with Crippen molar-refractivity contribution >= 4 is 23.1 Å². The van der Waals surface area contributed by atoms with Crippen LogP contribution < -0.4 is 21.3 Å². The molecule has 0 saturated carbocycles. The number of pyridine rings is 1. The number of amides is 1. The van der Waals surface area contributed by atoms with Crippen molar-refractivity contribution < 1.29 is 4.79 Å². The maximum absolute atomic E-state index is 12.0. The Morgan fingerprint density at radius 1 is 1.42 bits per heavy atom. The first-order valence-corrected chi connectivity index (χ1v) is 8.37. The first-order chi connectivity index (χ1) is 12.7. The summed E-state index contributed by atoms with van der Waals surface area (Å²) in [6.45, 7) is 2.73. The topological polar surface area (TPSA) is 128 Å². The molecule has 1 aliphatic rings. The molecule has 1 fully saturated rings. The third-order valence-electron chi connectivity index (χ3n) is 4.13. The monoisotopic (exact) mass is 352 g/mol. The minimum Gasteiger partial charge on any atom is -0.383 e. The van der Waals surface area contributed by atoms with Gasteiger partial charge in [0.2, 0.25) is 0 Å². The van der Waals surface area contributed by atoms with Crippen molar-refractivity contribution in [2.75, 3.05) is 37.3 Å². The van der Waals surface area contributed by atoms with E-state index in [4.69, 9.17) is 5.26 Å². The maximum atomic E-state index is 12.0. The first kappa shape index (κ1) is 17.6. The van der Waals surface area contributed by atoms with Crippen LogP contribution in [0.1, 0.15) is 22.6 Å². The van der Waals surface area contributed by atoms with Crippen molar-refractivity contribution in [1.29, 1.82) is 5.26 Å². The van der Waals surface area contributed by atoms with Gasteiger partial charge in [0.15, 0.2) is 11.5 Å². The van der Waals surface area contributed by atoms with Crippen molar-refractivity contribution in [3.8, 4) is 6.07 Å². The van der Waals surface area contributed by atoms with E-state index >= 15 is 0 Å². The highest BCUT2D eigenvalue weighted by Gasteiger charge is 2.18. The summed E-state index contributed by atoms with van der Waals surface area (Å²) >= 11 is 0. The first-order valence-electron chi connectivity index (χ1n) is 8.37. The van der Waals surface area contributed by atoms with Gasteiger partial charge in [-0.15, -0.1) is 10.2 Å². The lowest BCUT2D eigenvalue weighted by molar-refractivity contribution is 0.0958. The molecule has 3 heterocycles. The summed E-state index contributed by atoms with van der Waals surface area (Å²) in [5.74, 6) is 0.701. The van der Waals surface area contributed by atoms with Crippen molar-refractivity contribution in [3.63, 3.8) is 0 Å². The predicted octanol–water partition coefficient (Wildman–Crippen LogP) is 0.868. The van der Waals surface area contributed by atoms with Crippen LogP contribution in [0.5, 0.6) is 0 Å². The van der Waals surface area contributed by atoms with E-state index < -0.39 is 0 Å². The third kappa shape index (κ3) is 4.23. The Bertz CT molecular complexity index is 809. The zero-order valence-corrected chi connectivity index (χ0v) is 14.4. The maximum Gasteiger partial charge on any atom is 0.273 e. The van der Waals surface area contributed by atoms with E-state index in [0.717, 1.165) is 26.1 Å². The number of nitrogens with zero attached hydrogens (tertiary/aromatic N) is 4. The number of nitrogens with one attached hydrogen (secondary N) is 4. The second kappa shape index (κ2) is 8.22. The van der Waals surface area contributed by atoms with Gasteiger partial charge < -0.3 is 21.3 Å². The Morgan fingerprint density at radius 3 is 2.96 bits per heavy atom. The fraction of sp³-hybridized carbons (Fsp3) is 0.353. The smallest absolute Gasteiger partial charge is 0.273 e. The molecule has 0 bridgehead atoms. The van der Waals surface area contributed by atoms with Crippen molar-refractivity contribution in [1.82, 2.24) is 25.8 Å². The lowest BCUT2D eigenvalue weighted by Gasteiger charge is -2.15. The quantitative estimate of drug-likeness (QED) is 0.603. The van der Waals surface area contributed by atoms with E-state index in [2.05, 4.69) is 36.4 Å². The number of hydrogen-bond acceptors (Lipinski definition) is 8. The predicted molar refractivity (Wildman–Crippen MR) is 97.1 cm³/mol. The fourth-order valence-electron chi connectivity index (χ4n) is 2.70. The van der Waals surface area contributed by atoms with E-state index in [1.165, 1.54) is 0 Å². The van der Waals surface area contributed by atoms with Crippen LogP contribution in [0.15, 0.2) is 24.4 Å². The number of aromatic nitrogens is 3. The van der Waals surface area contributed by atoms with Gasteiger partial charge in [-0.3, -0.25) is 4.79 Å². The highest BCUT2D eigenvalue weighted by molar-refractivity contribution is 5.97. The Morgan fingerprint density at radius 2 is 2.31 bits per heavy atom. The van der Waals surface area contributed by atoms with Gasteiger partial charge >= 0.3 is 0 Å². The van der Waals surface area contributed by atoms with Crippen LogP contribution in [0.25, 0.3) is 0 Å². The van der Waals surface area contributed by atoms with E-state index in [-0.39, 0.29) is 11.6 Å². The minimum atomic E-state index is -0.295. The Kier molecular flexibility index (Phi) is 5.56. The van der Waals surface area contributed by atoms with Gasteiger partial charge in [-0.25, -0.2) is 4.98 Å². The molecule has 0 radical (unpaired) electrons. The molecule has 9 heteroatoms. The molecular formula is C17H20N8O. The second-order valence-corrected chi connectivity index (χ2v) is 5.98. The number of anilines is 3. The molecule has 2 aromatic heterocycles. The van der Waals surface area contributed by atoms with Gasteiger partial charge in [-0.2, -0.15) is 5.26 Å². The van der Waals surface area contributed by atoms with E-state index in [1.54, 1.807) is 31.4 Å². The number of hydrogen-bond donors (Lipinski definition) is 4. The third-order valence-corrected chi connectivity index (χ3v) is 4.13. The van der Waals surface area contributed by atoms with Crippen molar-refractivity contribution in [3.05, 3.63) is 35.8 Å². The minimum absolute atomic E-state index is 0.252. The molecule has 1 aliphatic heterocycles. The molecule has 1 atom stereocenters. The average Bonchev–Trinajstić information content (AvgIpc) is 3.20. The van der Waals surface area contributed by atoms with Crippen LogP contribution in [0.4, 0.5) is 17.2 Å².